The average Bonchev–Trinajstić information content (AvgIpc) is 2.12. The molecule has 5 heteroatoms. The molecule has 1 aromatic rings. The maximum absolute atomic E-state index is 12.2. The summed E-state index contributed by atoms with van der Waals surface area (Å²) in [6, 6.07) is 6.12. The minimum Gasteiger partial charge on any atom is -0.481 e. The Bertz CT molecular complexity index is 385. The zero-order valence-electron chi connectivity index (χ0n) is 8.58. The molecule has 0 fully saturated rings. The summed E-state index contributed by atoms with van der Waals surface area (Å²) >= 11 is 0. The van der Waals surface area contributed by atoms with Crippen LogP contribution in [0.3, 0.4) is 0 Å². The molecule has 1 unspecified atom stereocenters. The second-order valence-electron chi connectivity index (χ2n) is 3.62. The van der Waals surface area contributed by atoms with Gasteiger partial charge in [-0.3, -0.25) is 4.79 Å². The van der Waals surface area contributed by atoms with Gasteiger partial charge in [0.15, 0.2) is 0 Å². The third-order valence-corrected chi connectivity index (χ3v) is 2.18. The van der Waals surface area contributed by atoms with Crippen molar-refractivity contribution in [2.75, 3.05) is 0 Å². The van der Waals surface area contributed by atoms with Gasteiger partial charge in [-0.25, -0.2) is 0 Å². The highest BCUT2D eigenvalue weighted by Gasteiger charge is 2.36. The van der Waals surface area contributed by atoms with E-state index in [0.717, 1.165) is 5.56 Å². The fourth-order valence-electron chi connectivity index (χ4n) is 1.47. The van der Waals surface area contributed by atoms with E-state index in [1.807, 2.05) is 0 Å². The van der Waals surface area contributed by atoms with E-state index in [9.17, 15) is 18.0 Å². The van der Waals surface area contributed by atoms with Crippen LogP contribution >= 0.6 is 0 Å². The van der Waals surface area contributed by atoms with Gasteiger partial charge in [0.1, 0.15) is 0 Å². The Balaban J connectivity index is 2.99. The van der Waals surface area contributed by atoms with Crippen molar-refractivity contribution in [1.82, 2.24) is 0 Å². The third kappa shape index (κ3) is 3.56. The highest BCUT2D eigenvalue weighted by atomic mass is 19.4. The number of rotatable bonds is 3. The lowest BCUT2D eigenvalue weighted by molar-refractivity contribution is -0.157. The summed E-state index contributed by atoms with van der Waals surface area (Å²) in [6.45, 7) is 1.70. The van der Waals surface area contributed by atoms with Crippen LogP contribution in [0.15, 0.2) is 24.3 Å². The molecule has 1 atom stereocenters. The van der Waals surface area contributed by atoms with Crippen molar-refractivity contribution < 1.29 is 23.1 Å². The van der Waals surface area contributed by atoms with E-state index in [-0.39, 0.29) is 5.56 Å². The second-order valence-corrected chi connectivity index (χ2v) is 3.62. The van der Waals surface area contributed by atoms with Crippen molar-refractivity contribution in [3.05, 3.63) is 35.4 Å². The van der Waals surface area contributed by atoms with Crippen molar-refractivity contribution in [1.29, 1.82) is 0 Å². The highest BCUT2D eigenvalue weighted by molar-refractivity contribution is 5.76. The molecule has 0 heterocycles. The molecule has 0 aromatic heterocycles. The van der Waals surface area contributed by atoms with Gasteiger partial charge in [0.2, 0.25) is 0 Å². The van der Waals surface area contributed by atoms with Gasteiger partial charge >= 0.3 is 12.1 Å². The predicted octanol–water partition coefficient (Wildman–Crippen LogP) is 3.12. The summed E-state index contributed by atoms with van der Waals surface area (Å²) in [7, 11) is 0. The zero-order valence-corrected chi connectivity index (χ0v) is 8.58. The van der Waals surface area contributed by atoms with E-state index < -0.39 is 24.5 Å². The minimum absolute atomic E-state index is 0.185. The Labute approximate surface area is 90.7 Å². The first-order chi connectivity index (χ1) is 7.29. The van der Waals surface area contributed by atoms with Crippen molar-refractivity contribution in [2.24, 2.45) is 0 Å². The molecule has 88 valence electrons. The number of carbonyl (C=O) groups is 1. The molecule has 1 aromatic carbocycles. The van der Waals surface area contributed by atoms with E-state index in [1.54, 1.807) is 19.1 Å². The van der Waals surface area contributed by atoms with Gasteiger partial charge in [0, 0.05) is 0 Å². The van der Waals surface area contributed by atoms with Crippen LogP contribution in [0, 0.1) is 6.92 Å². The van der Waals surface area contributed by atoms with Crippen LogP contribution in [-0.2, 0) is 4.79 Å². The Hall–Kier alpha value is -1.52. The molecule has 0 saturated carbocycles. The number of hydrogen-bond donors (Lipinski definition) is 1. The topological polar surface area (TPSA) is 37.3 Å². The SMILES string of the molecule is Cc1cccc(C(CC(F)(F)F)C(=O)O)c1. The molecule has 0 aliphatic carbocycles. The highest BCUT2D eigenvalue weighted by Crippen LogP contribution is 2.31. The van der Waals surface area contributed by atoms with E-state index in [2.05, 4.69) is 0 Å². The van der Waals surface area contributed by atoms with Gasteiger partial charge in [-0.2, -0.15) is 13.2 Å². The molecule has 1 N–H and O–H groups in total. The summed E-state index contributed by atoms with van der Waals surface area (Å²) < 4.78 is 36.6. The van der Waals surface area contributed by atoms with Crippen LogP contribution in [0.2, 0.25) is 0 Å². The van der Waals surface area contributed by atoms with E-state index in [0.29, 0.717) is 0 Å². The number of benzene rings is 1. The average molecular weight is 232 g/mol. The monoisotopic (exact) mass is 232 g/mol. The van der Waals surface area contributed by atoms with Crippen molar-refractivity contribution in [2.45, 2.75) is 25.4 Å². The maximum atomic E-state index is 12.2. The largest absolute Gasteiger partial charge is 0.481 e. The lowest BCUT2D eigenvalue weighted by atomic mass is 9.94. The summed E-state index contributed by atoms with van der Waals surface area (Å²) in [4.78, 5) is 10.8. The molecule has 0 spiro atoms. The van der Waals surface area contributed by atoms with Crippen LogP contribution in [0.25, 0.3) is 0 Å². The number of aliphatic carboxylic acids is 1. The standard InChI is InChI=1S/C11H11F3O2/c1-7-3-2-4-8(5-7)9(10(15)16)6-11(12,13)14/h2-5,9H,6H2,1H3,(H,15,16). The van der Waals surface area contributed by atoms with Crippen molar-refractivity contribution in [3.8, 4) is 0 Å². The summed E-state index contributed by atoms with van der Waals surface area (Å²) in [5, 5.41) is 8.78. The Morgan fingerprint density at radius 2 is 2.06 bits per heavy atom. The van der Waals surface area contributed by atoms with Gasteiger partial charge < -0.3 is 5.11 Å². The quantitative estimate of drug-likeness (QED) is 0.869. The normalized spacial score (nSPS) is 13.5. The molecule has 1 rings (SSSR count). The van der Waals surface area contributed by atoms with Gasteiger partial charge in [0.25, 0.3) is 0 Å². The van der Waals surface area contributed by atoms with Crippen LogP contribution < -0.4 is 0 Å². The molecule has 0 bridgehead atoms. The molecule has 0 amide bonds. The second kappa shape index (κ2) is 4.55. The first-order valence-corrected chi connectivity index (χ1v) is 4.66. The number of hydrogen-bond acceptors (Lipinski definition) is 1. The Morgan fingerprint density at radius 1 is 1.44 bits per heavy atom. The van der Waals surface area contributed by atoms with Gasteiger partial charge in [-0.15, -0.1) is 0 Å². The van der Waals surface area contributed by atoms with E-state index in [1.165, 1.54) is 12.1 Å². The molecule has 0 radical (unpaired) electrons. The number of carboxylic acids is 1. The minimum atomic E-state index is -4.48. The fourth-order valence-corrected chi connectivity index (χ4v) is 1.47. The number of carboxylic acid groups (broad SMARTS) is 1. The van der Waals surface area contributed by atoms with Gasteiger partial charge in [-0.05, 0) is 12.5 Å². The molecule has 16 heavy (non-hydrogen) atoms. The number of aryl methyl sites for hydroxylation is 1. The third-order valence-electron chi connectivity index (χ3n) is 2.18. The lowest BCUT2D eigenvalue weighted by Crippen LogP contribution is -2.20. The molecule has 0 aliphatic heterocycles. The molecule has 2 nitrogen and oxygen atoms in total. The van der Waals surface area contributed by atoms with Gasteiger partial charge in [-0.1, -0.05) is 29.8 Å². The summed E-state index contributed by atoms with van der Waals surface area (Å²) in [6.07, 6.45) is -5.82. The molecular weight excluding hydrogens is 221 g/mol. The lowest BCUT2D eigenvalue weighted by Gasteiger charge is -2.15. The number of halogens is 3. The zero-order chi connectivity index (χ0) is 12.3. The summed E-state index contributed by atoms with van der Waals surface area (Å²) in [5.41, 5.74) is 0.927. The number of alkyl halides is 3. The Morgan fingerprint density at radius 3 is 2.50 bits per heavy atom. The molecule has 0 aliphatic rings. The van der Waals surface area contributed by atoms with Crippen molar-refractivity contribution in [3.63, 3.8) is 0 Å². The maximum Gasteiger partial charge on any atom is 0.390 e. The first-order valence-electron chi connectivity index (χ1n) is 4.66. The van der Waals surface area contributed by atoms with Crippen molar-refractivity contribution >= 4 is 5.97 Å². The first kappa shape index (κ1) is 12.5. The fraction of sp³-hybridized carbons (Fsp3) is 0.364. The van der Waals surface area contributed by atoms with Crippen LogP contribution in [0.5, 0.6) is 0 Å². The van der Waals surface area contributed by atoms with Gasteiger partial charge in [0.05, 0.1) is 12.3 Å². The van der Waals surface area contributed by atoms with Crippen LogP contribution in [0.4, 0.5) is 13.2 Å². The molecular formula is C11H11F3O2. The smallest absolute Gasteiger partial charge is 0.390 e. The summed E-state index contributed by atoms with van der Waals surface area (Å²) in [5.74, 6) is -2.98. The van der Waals surface area contributed by atoms with Crippen LogP contribution in [0.1, 0.15) is 23.5 Å². The van der Waals surface area contributed by atoms with E-state index >= 15 is 0 Å². The molecule has 0 saturated heterocycles. The van der Waals surface area contributed by atoms with E-state index in [4.69, 9.17) is 5.11 Å². The predicted molar refractivity (Wildman–Crippen MR) is 52.2 cm³/mol. The Kier molecular flexibility index (Phi) is 3.57. The van der Waals surface area contributed by atoms with Crippen LogP contribution in [-0.4, -0.2) is 17.3 Å².